The van der Waals surface area contributed by atoms with Gasteiger partial charge in [-0.25, -0.2) is 8.42 Å². The maximum atomic E-state index is 13.3. The fourth-order valence-corrected chi connectivity index (χ4v) is 9.37. The van der Waals surface area contributed by atoms with Crippen molar-refractivity contribution in [2.24, 2.45) is 17.8 Å². The highest BCUT2D eigenvalue weighted by Crippen LogP contribution is 2.60. The minimum atomic E-state index is -3.61. The number of hydrogen-bond donors (Lipinski definition) is 0. The lowest BCUT2D eigenvalue weighted by atomic mass is 9.48. The van der Waals surface area contributed by atoms with E-state index in [1.807, 2.05) is 30.3 Å². The van der Waals surface area contributed by atoms with E-state index in [-0.39, 0.29) is 24.7 Å². The van der Waals surface area contributed by atoms with Gasteiger partial charge in [-0.1, -0.05) is 18.2 Å². The molecule has 1 saturated heterocycles. The molecule has 5 fully saturated rings. The first-order chi connectivity index (χ1) is 19.2. The molecule has 2 aliphatic heterocycles. The number of sulfonamides is 1. The van der Waals surface area contributed by atoms with Crippen LogP contribution in [0.5, 0.6) is 11.5 Å². The molecule has 4 saturated carbocycles. The Bertz CT molecular complexity index is 1350. The summed E-state index contributed by atoms with van der Waals surface area (Å²) in [6.07, 6.45) is 9.19. The highest BCUT2D eigenvalue weighted by Gasteiger charge is 2.51. The molecule has 0 radical (unpaired) electrons. The molecule has 9 heteroatoms. The summed E-state index contributed by atoms with van der Waals surface area (Å²) in [7, 11) is -3.61. The van der Waals surface area contributed by atoms with Crippen LogP contribution >= 0.6 is 0 Å². The van der Waals surface area contributed by atoms with Gasteiger partial charge in [0.05, 0.1) is 11.9 Å². The van der Waals surface area contributed by atoms with Gasteiger partial charge in [-0.2, -0.15) is 0 Å². The lowest BCUT2D eigenvalue weighted by Gasteiger charge is -2.57. The largest absolute Gasteiger partial charge is 0.454 e. The summed E-state index contributed by atoms with van der Waals surface area (Å²) in [5.74, 6) is 3.96. The fraction of sp³-hybridized carbons (Fsp3) is 0.581. The maximum Gasteiger partial charge on any atom is 0.243 e. The predicted octanol–water partition coefficient (Wildman–Crippen LogP) is 3.99. The van der Waals surface area contributed by atoms with Gasteiger partial charge in [0.2, 0.25) is 22.7 Å². The van der Waals surface area contributed by atoms with Crippen molar-refractivity contribution in [3.63, 3.8) is 0 Å². The smallest absolute Gasteiger partial charge is 0.243 e. The number of piperazine rings is 1. The number of anilines is 1. The van der Waals surface area contributed by atoms with E-state index in [2.05, 4.69) is 17.0 Å². The van der Waals surface area contributed by atoms with Gasteiger partial charge in [-0.05, 0) is 97.1 Å². The number of carbonyl (C=O) groups is 1. The van der Waals surface area contributed by atoms with Gasteiger partial charge >= 0.3 is 0 Å². The van der Waals surface area contributed by atoms with Gasteiger partial charge in [0.15, 0.2) is 11.5 Å². The van der Waals surface area contributed by atoms with Crippen molar-refractivity contribution in [2.75, 3.05) is 50.1 Å². The molecule has 4 aliphatic carbocycles. The molecule has 0 aromatic heterocycles. The molecule has 0 atom stereocenters. The third kappa shape index (κ3) is 4.96. The Kier molecular flexibility index (Phi) is 6.50. The average molecular weight is 566 g/mol. The summed E-state index contributed by atoms with van der Waals surface area (Å²) < 4.78 is 37.8. The molecule has 0 spiro atoms. The lowest BCUT2D eigenvalue weighted by molar-refractivity contribution is -0.131. The summed E-state index contributed by atoms with van der Waals surface area (Å²) >= 11 is 0. The van der Waals surface area contributed by atoms with Crippen molar-refractivity contribution in [1.82, 2.24) is 9.80 Å². The number of rotatable bonds is 7. The van der Waals surface area contributed by atoms with Crippen molar-refractivity contribution >= 4 is 21.6 Å². The van der Waals surface area contributed by atoms with E-state index in [0.717, 1.165) is 54.5 Å². The highest BCUT2D eigenvalue weighted by molar-refractivity contribution is 7.92. The molecular weight excluding hydrogens is 526 g/mol. The molecule has 214 valence electrons. The quantitative estimate of drug-likeness (QED) is 0.505. The van der Waals surface area contributed by atoms with Gasteiger partial charge in [0, 0.05) is 32.7 Å². The average Bonchev–Trinajstić information content (AvgIpc) is 3.39. The van der Waals surface area contributed by atoms with Crippen LogP contribution in [0.2, 0.25) is 0 Å². The number of hydrogen-bond acceptors (Lipinski definition) is 6. The summed E-state index contributed by atoms with van der Waals surface area (Å²) in [5.41, 5.74) is 3.34. The number of benzene rings is 2. The van der Waals surface area contributed by atoms with Crippen molar-refractivity contribution in [2.45, 2.75) is 50.5 Å². The highest BCUT2D eigenvalue weighted by atomic mass is 32.2. The molecule has 1 amide bonds. The van der Waals surface area contributed by atoms with Crippen LogP contribution < -0.4 is 13.8 Å². The van der Waals surface area contributed by atoms with Gasteiger partial charge < -0.3 is 14.4 Å². The standard InChI is InChI=1S/C31H39N3O5S/c1-40(36,37)34(27-5-3-26(4-6-27)31-16-23-12-24(17-31)14-25(13-23)18-31)20-30(35)33-10-8-32(9-11-33)19-22-2-7-28-29(15-22)39-21-38-28/h2-7,15,23-25H,8-14,16-21H2,1H3. The zero-order valence-corrected chi connectivity index (χ0v) is 24.1. The van der Waals surface area contributed by atoms with E-state index in [0.29, 0.717) is 18.8 Å². The maximum absolute atomic E-state index is 13.3. The second-order valence-electron chi connectivity index (χ2n) is 12.9. The van der Waals surface area contributed by atoms with Gasteiger partial charge in [0.25, 0.3) is 0 Å². The molecule has 2 heterocycles. The van der Waals surface area contributed by atoms with Crippen LogP contribution in [-0.2, 0) is 26.8 Å². The summed E-state index contributed by atoms with van der Waals surface area (Å²) in [5, 5.41) is 0. The van der Waals surface area contributed by atoms with Crippen molar-refractivity contribution in [1.29, 1.82) is 0 Å². The number of ether oxygens (including phenoxy) is 2. The summed E-state index contributed by atoms with van der Waals surface area (Å²) in [4.78, 5) is 17.4. The molecule has 8 nitrogen and oxygen atoms in total. The first kappa shape index (κ1) is 26.1. The zero-order chi connectivity index (χ0) is 27.5. The molecule has 2 aromatic carbocycles. The Morgan fingerprint density at radius 3 is 2.15 bits per heavy atom. The summed E-state index contributed by atoms with van der Waals surface area (Å²) in [6.45, 7) is 3.48. The third-order valence-corrected chi connectivity index (χ3v) is 11.2. The minimum absolute atomic E-state index is 0.154. The van der Waals surface area contributed by atoms with Gasteiger partial charge in [-0.3, -0.25) is 14.0 Å². The monoisotopic (exact) mass is 565 g/mol. The van der Waals surface area contributed by atoms with Gasteiger partial charge in [0.1, 0.15) is 6.54 Å². The van der Waals surface area contributed by atoms with Crippen LogP contribution in [0.1, 0.15) is 49.7 Å². The van der Waals surface area contributed by atoms with Crippen molar-refractivity contribution in [3.8, 4) is 11.5 Å². The Labute approximate surface area is 237 Å². The molecule has 2 aromatic rings. The van der Waals surface area contributed by atoms with E-state index < -0.39 is 10.0 Å². The van der Waals surface area contributed by atoms with Crippen LogP contribution in [0.4, 0.5) is 5.69 Å². The number of carbonyl (C=O) groups excluding carboxylic acids is 1. The molecule has 4 bridgehead atoms. The van der Waals surface area contributed by atoms with E-state index in [9.17, 15) is 13.2 Å². The van der Waals surface area contributed by atoms with Crippen LogP contribution in [0.3, 0.4) is 0 Å². The zero-order valence-electron chi connectivity index (χ0n) is 23.3. The van der Waals surface area contributed by atoms with Gasteiger partial charge in [-0.15, -0.1) is 0 Å². The van der Waals surface area contributed by atoms with Crippen molar-refractivity contribution < 1.29 is 22.7 Å². The molecule has 0 N–H and O–H groups in total. The van der Waals surface area contributed by atoms with E-state index in [1.165, 1.54) is 54.6 Å². The Morgan fingerprint density at radius 2 is 1.52 bits per heavy atom. The van der Waals surface area contributed by atoms with Crippen LogP contribution in [0.25, 0.3) is 0 Å². The van der Waals surface area contributed by atoms with Crippen LogP contribution in [0, 0.1) is 17.8 Å². The normalized spacial score (nSPS) is 29.1. The van der Waals surface area contributed by atoms with Crippen molar-refractivity contribution in [3.05, 3.63) is 53.6 Å². The summed E-state index contributed by atoms with van der Waals surface area (Å²) in [6, 6.07) is 14.1. The molecule has 0 unspecified atom stereocenters. The number of amides is 1. The van der Waals surface area contributed by atoms with Crippen LogP contribution in [-0.4, -0.2) is 69.9 Å². The Balaban J connectivity index is 0.988. The first-order valence-corrected chi connectivity index (χ1v) is 16.6. The minimum Gasteiger partial charge on any atom is -0.454 e. The fourth-order valence-electron chi connectivity index (χ4n) is 8.52. The van der Waals surface area contributed by atoms with E-state index in [1.54, 1.807) is 4.90 Å². The number of fused-ring (bicyclic) bond motifs is 1. The lowest BCUT2D eigenvalue weighted by Crippen LogP contribution is -2.51. The Morgan fingerprint density at radius 1 is 0.900 bits per heavy atom. The second kappa shape index (κ2) is 9.94. The predicted molar refractivity (Wildman–Crippen MR) is 153 cm³/mol. The first-order valence-electron chi connectivity index (χ1n) is 14.7. The SMILES string of the molecule is CS(=O)(=O)N(CC(=O)N1CCN(Cc2ccc3c(c2)OCO3)CC1)c1ccc(C23CC4CC(CC(C4)C2)C3)cc1. The third-order valence-electron chi connectivity index (χ3n) is 10.1. The Hall–Kier alpha value is -2.78. The topological polar surface area (TPSA) is 79.4 Å². The van der Waals surface area contributed by atoms with Crippen LogP contribution in [0.15, 0.2) is 42.5 Å². The second-order valence-corrected chi connectivity index (χ2v) is 14.8. The molecule has 6 aliphatic rings. The van der Waals surface area contributed by atoms with E-state index in [4.69, 9.17) is 9.47 Å². The molecule has 8 rings (SSSR count). The number of nitrogens with zero attached hydrogens (tertiary/aromatic N) is 3. The molecule has 40 heavy (non-hydrogen) atoms. The molecular formula is C31H39N3O5S. The van der Waals surface area contributed by atoms with E-state index >= 15 is 0 Å².